The summed E-state index contributed by atoms with van der Waals surface area (Å²) in [5.41, 5.74) is 9.06. The number of benzene rings is 2. The van der Waals surface area contributed by atoms with Gasteiger partial charge in [-0.25, -0.2) is 0 Å². The van der Waals surface area contributed by atoms with E-state index in [-0.39, 0.29) is 6.54 Å². The molecule has 4 N–H and O–H groups in total. The lowest BCUT2D eigenvalue weighted by molar-refractivity contribution is -0.136. The Labute approximate surface area is 143 Å². The van der Waals surface area contributed by atoms with Crippen LogP contribution in [0.4, 0.5) is 5.69 Å². The van der Waals surface area contributed by atoms with Crippen LogP contribution in [0.2, 0.25) is 0 Å². The van der Waals surface area contributed by atoms with Gasteiger partial charge < -0.3 is 16.4 Å². The van der Waals surface area contributed by atoms with Gasteiger partial charge in [-0.3, -0.25) is 9.59 Å². The molecule has 5 nitrogen and oxygen atoms in total. The number of carbonyl (C=O) groups is 2. The molecule has 0 saturated heterocycles. The summed E-state index contributed by atoms with van der Waals surface area (Å²) in [6, 6.07) is 13.0. The topological polar surface area (TPSA) is 84.2 Å². The molecule has 0 fully saturated rings. The van der Waals surface area contributed by atoms with Crippen LogP contribution in [0.3, 0.4) is 0 Å². The maximum Gasteiger partial charge on any atom is 0.313 e. The van der Waals surface area contributed by atoms with Crippen molar-refractivity contribution in [1.29, 1.82) is 0 Å². The second-order valence-corrected chi connectivity index (χ2v) is 6.00. The molecule has 0 aliphatic rings. The second kappa shape index (κ2) is 7.89. The van der Waals surface area contributed by atoms with E-state index in [0.29, 0.717) is 12.2 Å². The fraction of sp³-hybridized carbons (Fsp3) is 0.176. The number of nitrogens with two attached hydrogens (primary N) is 1. The van der Waals surface area contributed by atoms with E-state index in [1.807, 2.05) is 43.3 Å². The van der Waals surface area contributed by atoms with Crippen molar-refractivity contribution in [3.8, 4) is 0 Å². The highest BCUT2D eigenvalue weighted by Gasteiger charge is 2.14. The lowest BCUT2D eigenvalue weighted by Crippen LogP contribution is -2.35. The van der Waals surface area contributed by atoms with E-state index in [0.717, 1.165) is 21.2 Å². The first-order valence-electron chi connectivity index (χ1n) is 7.13. The summed E-state index contributed by atoms with van der Waals surface area (Å²) in [4.78, 5) is 23.8. The molecule has 2 aromatic rings. The average Bonchev–Trinajstić information content (AvgIpc) is 2.55. The van der Waals surface area contributed by atoms with E-state index in [9.17, 15) is 9.59 Å². The van der Waals surface area contributed by atoms with Crippen LogP contribution in [0.5, 0.6) is 0 Å². The molecule has 0 unspecified atom stereocenters. The van der Waals surface area contributed by atoms with Crippen LogP contribution in [0, 0.1) is 6.92 Å². The molecule has 0 atom stereocenters. The number of aryl methyl sites for hydroxylation is 1. The first-order valence-corrected chi connectivity index (χ1v) is 7.92. The molecule has 0 radical (unpaired) electrons. The van der Waals surface area contributed by atoms with Gasteiger partial charge in [-0.05, 0) is 51.7 Å². The van der Waals surface area contributed by atoms with E-state index in [4.69, 9.17) is 5.73 Å². The summed E-state index contributed by atoms with van der Waals surface area (Å²) in [6.45, 7) is 2.65. The van der Waals surface area contributed by atoms with Crippen LogP contribution < -0.4 is 16.4 Å². The highest BCUT2D eigenvalue weighted by atomic mass is 79.9. The molecule has 6 heteroatoms. The Bertz CT molecular complexity index is 732. The molecule has 2 amide bonds. The molecule has 0 saturated carbocycles. The first-order chi connectivity index (χ1) is 11.0. The molecule has 0 aromatic heterocycles. The summed E-state index contributed by atoms with van der Waals surface area (Å²) in [6.07, 6.45) is 0. The minimum atomic E-state index is -0.704. The van der Waals surface area contributed by atoms with Gasteiger partial charge in [-0.2, -0.15) is 0 Å². The van der Waals surface area contributed by atoms with Crippen molar-refractivity contribution < 1.29 is 9.59 Å². The highest BCUT2D eigenvalue weighted by molar-refractivity contribution is 9.10. The van der Waals surface area contributed by atoms with Gasteiger partial charge in [0.25, 0.3) is 0 Å². The van der Waals surface area contributed by atoms with E-state index in [2.05, 4.69) is 26.6 Å². The highest BCUT2D eigenvalue weighted by Crippen LogP contribution is 2.23. The number of hydrogen-bond acceptors (Lipinski definition) is 3. The van der Waals surface area contributed by atoms with Crippen LogP contribution in [-0.4, -0.2) is 11.8 Å². The molecular formula is C17H18BrN3O2. The van der Waals surface area contributed by atoms with Crippen molar-refractivity contribution in [2.45, 2.75) is 20.0 Å². The summed E-state index contributed by atoms with van der Waals surface area (Å²) >= 11 is 3.36. The fourth-order valence-electron chi connectivity index (χ4n) is 2.03. The Hall–Kier alpha value is -2.18. The average molecular weight is 376 g/mol. The number of amides is 2. The summed E-state index contributed by atoms with van der Waals surface area (Å²) in [5, 5.41) is 5.17. The number of anilines is 1. The maximum absolute atomic E-state index is 11.9. The molecule has 0 aliphatic heterocycles. The minimum absolute atomic E-state index is 0.273. The Morgan fingerprint density at radius 1 is 1.09 bits per heavy atom. The van der Waals surface area contributed by atoms with Gasteiger partial charge in [0, 0.05) is 17.6 Å². The number of hydrogen-bond donors (Lipinski definition) is 3. The van der Waals surface area contributed by atoms with Crippen molar-refractivity contribution in [3.05, 3.63) is 63.6 Å². The number of nitrogens with one attached hydrogen (secondary N) is 2. The first kappa shape index (κ1) is 17.2. The monoisotopic (exact) mass is 375 g/mol. The number of carbonyl (C=O) groups excluding carboxylic acids is 2. The van der Waals surface area contributed by atoms with Gasteiger partial charge in [0.2, 0.25) is 0 Å². The smallest absolute Gasteiger partial charge is 0.313 e. The molecule has 2 aromatic carbocycles. The van der Waals surface area contributed by atoms with Crippen molar-refractivity contribution >= 4 is 33.4 Å². The predicted octanol–water partition coefficient (Wildman–Crippen LogP) is 2.47. The quantitative estimate of drug-likeness (QED) is 0.717. The van der Waals surface area contributed by atoms with E-state index < -0.39 is 11.8 Å². The van der Waals surface area contributed by atoms with Gasteiger partial charge in [0.05, 0.1) is 5.69 Å². The SMILES string of the molecule is Cc1ccc(NC(=O)C(=O)NCc2cccc(CN)c2)c(Br)c1. The Kier molecular flexibility index (Phi) is 5.90. The summed E-state index contributed by atoms with van der Waals surface area (Å²) < 4.78 is 0.731. The predicted molar refractivity (Wildman–Crippen MR) is 93.7 cm³/mol. The Balaban J connectivity index is 1.93. The summed E-state index contributed by atoms with van der Waals surface area (Å²) in [5.74, 6) is -1.39. The molecule has 120 valence electrons. The molecule has 2 rings (SSSR count). The zero-order valence-electron chi connectivity index (χ0n) is 12.7. The van der Waals surface area contributed by atoms with Crippen LogP contribution >= 0.6 is 15.9 Å². The van der Waals surface area contributed by atoms with Crippen molar-refractivity contribution in [2.24, 2.45) is 5.73 Å². The van der Waals surface area contributed by atoms with Gasteiger partial charge in [-0.1, -0.05) is 30.3 Å². The van der Waals surface area contributed by atoms with E-state index in [1.165, 1.54) is 0 Å². The minimum Gasteiger partial charge on any atom is -0.344 e. The third kappa shape index (κ3) is 4.91. The van der Waals surface area contributed by atoms with Crippen LogP contribution in [0.15, 0.2) is 46.9 Å². The van der Waals surface area contributed by atoms with Crippen LogP contribution in [0.25, 0.3) is 0 Å². The normalized spacial score (nSPS) is 10.2. The lowest BCUT2D eigenvalue weighted by Gasteiger charge is -2.09. The molecular weight excluding hydrogens is 358 g/mol. The zero-order valence-corrected chi connectivity index (χ0v) is 14.3. The van der Waals surface area contributed by atoms with Gasteiger partial charge in [-0.15, -0.1) is 0 Å². The Morgan fingerprint density at radius 2 is 1.83 bits per heavy atom. The van der Waals surface area contributed by atoms with Gasteiger partial charge in [0.1, 0.15) is 0 Å². The standard InChI is InChI=1S/C17H18BrN3O2/c1-11-5-6-15(14(18)7-11)21-17(23)16(22)20-10-13-4-2-3-12(8-13)9-19/h2-8H,9-10,19H2,1H3,(H,20,22)(H,21,23). The van der Waals surface area contributed by atoms with Crippen molar-refractivity contribution in [2.75, 3.05) is 5.32 Å². The third-order valence-corrected chi connectivity index (χ3v) is 3.92. The number of rotatable bonds is 4. The number of halogens is 1. The van der Waals surface area contributed by atoms with Crippen molar-refractivity contribution in [3.63, 3.8) is 0 Å². The molecule has 0 aliphatic carbocycles. The van der Waals surface area contributed by atoms with E-state index >= 15 is 0 Å². The largest absolute Gasteiger partial charge is 0.344 e. The van der Waals surface area contributed by atoms with Gasteiger partial charge >= 0.3 is 11.8 Å². The van der Waals surface area contributed by atoms with E-state index in [1.54, 1.807) is 6.07 Å². The molecule has 0 spiro atoms. The molecule has 23 heavy (non-hydrogen) atoms. The van der Waals surface area contributed by atoms with Crippen LogP contribution in [-0.2, 0) is 22.7 Å². The van der Waals surface area contributed by atoms with Gasteiger partial charge in [0.15, 0.2) is 0 Å². The molecule has 0 heterocycles. The second-order valence-electron chi connectivity index (χ2n) is 5.14. The summed E-state index contributed by atoms with van der Waals surface area (Å²) in [7, 11) is 0. The van der Waals surface area contributed by atoms with Crippen LogP contribution in [0.1, 0.15) is 16.7 Å². The fourth-order valence-corrected chi connectivity index (χ4v) is 2.62. The Morgan fingerprint density at radius 3 is 2.52 bits per heavy atom. The molecule has 0 bridgehead atoms. The lowest BCUT2D eigenvalue weighted by atomic mass is 10.1. The van der Waals surface area contributed by atoms with Crippen molar-refractivity contribution in [1.82, 2.24) is 5.32 Å². The third-order valence-electron chi connectivity index (χ3n) is 3.26. The zero-order chi connectivity index (χ0) is 16.8. The maximum atomic E-state index is 11.9.